The van der Waals surface area contributed by atoms with Gasteiger partial charge in [0.1, 0.15) is 12.4 Å². The first-order chi connectivity index (χ1) is 13.1. The number of para-hydroxylation sites is 1. The van der Waals surface area contributed by atoms with Crippen molar-refractivity contribution in [2.24, 2.45) is 0 Å². The molecule has 136 valence electrons. The highest BCUT2D eigenvalue weighted by Crippen LogP contribution is 2.31. The van der Waals surface area contributed by atoms with E-state index >= 15 is 0 Å². The van der Waals surface area contributed by atoms with Crippen LogP contribution in [0.15, 0.2) is 72.0 Å². The minimum absolute atomic E-state index is 0.0313. The van der Waals surface area contributed by atoms with Crippen molar-refractivity contribution in [3.8, 4) is 5.75 Å². The largest absolute Gasteiger partial charge is 0.489 e. The molecule has 0 radical (unpaired) electrons. The van der Waals surface area contributed by atoms with Crippen LogP contribution >= 0.6 is 11.3 Å². The molecule has 1 aliphatic carbocycles. The second-order valence-electron chi connectivity index (χ2n) is 6.76. The van der Waals surface area contributed by atoms with Gasteiger partial charge in [-0.1, -0.05) is 36.4 Å². The van der Waals surface area contributed by atoms with Crippen molar-refractivity contribution in [3.05, 3.63) is 88.0 Å². The van der Waals surface area contributed by atoms with E-state index in [2.05, 4.69) is 36.5 Å². The van der Waals surface area contributed by atoms with Crippen LogP contribution in [-0.2, 0) is 0 Å². The zero-order chi connectivity index (χ0) is 18.8. The summed E-state index contributed by atoms with van der Waals surface area (Å²) in [6.45, 7) is 4.59. The fraction of sp³-hybridized carbons (Fsp3) is 0.174. The Morgan fingerprint density at radius 2 is 1.96 bits per heavy atom. The summed E-state index contributed by atoms with van der Waals surface area (Å²) in [6, 6.07) is 16.1. The van der Waals surface area contributed by atoms with E-state index in [1.54, 1.807) is 11.3 Å². The van der Waals surface area contributed by atoms with E-state index < -0.39 is 0 Å². The zero-order valence-corrected chi connectivity index (χ0v) is 16.2. The van der Waals surface area contributed by atoms with Crippen molar-refractivity contribution in [2.75, 3.05) is 6.61 Å². The van der Waals surface area contributed by atoms with Crippen LogP contribution in [0.3, 0.4) is 0 Å². The first-order valence-corrected chi connectivity index (χ1v) is 9.80. The van der Waals surface area contributed by atoms with E-state index in [9.17, 15) is 4.79 Å². The van der Waals surface area contributed by atoms with Gasteiger partial charge in [0, 0.05) is 16.8 Å². The minimum Gasteiger partial charge on any atom is -0.489 e. The number of ether oxygens (including phenoxy) is 1. The number of carbonyl (C=O) groups excluding carboxylic acids is 1. The van der Waals surface area contributed by atoms with Crippen LogP contribution in [0.25, 0.3) is 10.1 Å². The molecule has 0 saturated heterocycles. The maximum Gasteiger partial charge on any atom is 0.265 e. The lowest BCUT2D eigenvalue weighted by Crippen LogP contribution is -2.21. The highest BCUT2D eigenvalue weighted by Gasteiger charge is 2.17. The molecular weight excluding hydrogens is 354 g/mol. The maximum absolute atomic E-state index is 12.8. The number of nitrogens with one attached hydrogen (secondary N) is 1. The molecular formula is C23H21NO2S. The Morgan fingerprint density at radius 1 is 1.15 bits per heavy atom. The van der Waals surface area contributed by atoms with Gasteiger partial charge in [-0.15, -0.1) is 11.3 Å². The number of allylic oxidation sites excluding steroid dienone is 1. The van der Waals surface area contributed by atoms with Crippen molar-refractivity contribution in [3.63, 3.8) is 0 Å². The van der Waals surface area contributed by atoms with Gasteiger partial charge in [-0.3, -0.25) is 4.79 Å². The van der Waals surface area contributed by atoms with Gasteiger partial charge in [0.25, 0.3) is 5.91 Å². The third-order valence-corrected chi connectivity index (χ3v) is 5.92. The SMILES string of the molecule is Cc1ccc2c(C)c(C(=O)NC3=CC(COc4ccccc4)=CC3)sc2c1. The Labute approximate surface area is 163 Å². The lowest BCUT2D eigenvalue weighted by atomic mass is 10.1. The molecule has 0 spiro atoms. The summed E-state index contributed by atoms with van der Waals surface area (Å²) in [5.41, 5.74) is 4.26. The first-order valence-electron chi connectivity index (χ1n) is 8.99. The van der Waals surface area contributed by atoms with Crippen LogP contribution in [0.1, 0.15) is 27.2 Å². The topological polar surface area (TPSA) is 38.3 Å². The highest BCUT2D eigenvalue weighted by atomic mass is 32.1. The standard InChI is InChI=1S/C23H21NO2S/c1-15-8-11-20-16(2)22(27-21(20)12-15)23(25)24-18-10-9-17(13-18)14-26-19-6-4-3-5-7-19/h3-9,11-13H,10,14H2,1-2H3,(H,24,25). The monoisotopic (exact) mass is 375 g/mol. The number of benzene rings is 2. The molecule has 0 unspecified atom stereocenters. The number of amides is 1. The van der Waals surface area contributed by atoms with Crippen molar-refractivity contribution < 1.29 is 9.53 Å². The smallest absolute Gasteiger partial charge is 0.265 e. The summed E-state index contributed by atoms with van der Waals surface area (Å²) in [7, 11) is 0. The molecule has 3 nitrogen and oxygen atoms in total. The van der Waals surface area contributed by atoms with E-state index in [1.165, 1.54) is 5.56 Å². The predicted molar refractivity (Wildman–Crippen MR) is 111 cm³/mol. The zero-order valence-electron chi connectivity index (χ0n) is 15.4. The Bertz CT molecular complexity index is 1060. The molecule has 1 amide bonds. The van der Waals surface area contributed by atoms with Crippen LogP contribution in [0, 0.1) is 13.8 Å². The van der Waals surface area contributed by atoms with Crippen molar-refractivity contribution in [2.45, 2.75) is 20.3 Å². The van der Waals surface area contributed by atoms with Crippen LogP contribution < -0.4 is 10.1 Å². The average molecular weight is 375 g/mol. The van der Waals surface area contributed by atoms with Crippen molar-refractivity contribution in [1.29, 1.82) is 0 Å². The summed E-state index contributed by atoms with van der Waals surface area (Å²) < 4.78 is 6.93. The fourth-order valence-electron chi connectivity index (χ4n) is 3.21. The molecule has 0 atom stereocenters. The number of rotatable bonds is 5. The van der Waals surface area contributed by atoms with Gasteiger partial charge in [-0.25, -0.2) is 0 Å². The van der Waals surface area contributed by atoms with Crippen molar-refractivity contribution >= 4 is 27.3 Å². The highest BCUT2D eigenvalue weighted by molar-refractivity contribution is 7.21. The summed E-state index contributed by atoms with van der Waals surface area (Å²) in [5, 5.41) is 4.22. The van der Waals surface area contributed by atoms with E-state index in [1.807, 2.05) is 43.3 Å². The molecule has 1 N–H and O–H groups in total. The second-order valence-corrected chi connectivity index (χ2v) is 7.82. The average Bonchev–Trinajstić information content (AvgIpc) is 3.25. The quantitative estimate of drug-likeness (QED) is 0.636. The van der Waals surface area contributed by atoms with Gasteiger partial charge in [-0.2, -0.15) is 0 Å². The van der Waals surface area contributed by atoms with Gasteiger partial charge in [-0.05, 0) is 60.2 Å². The van der Waals surface area contributed by atoms with Gasteiger partial charge in [0.05, 0.1) is 4.88 Å². The van der Waals surface area contributed by atoms with E-state index in [0.717, 1.165) is 44.0 Å². The molecule has 2 aromatic carbocycles. The molecule has 4 rings (SSSR count). The number of fused-ring (bicyclic) bond motifs is 1. The van der Waals surface area contributed by atoms with Crippen LogP contribution in [0.4, 0.5) is 0 Å². The first kappa shape index (κ1) is 17.6. The molecule has 0 bridgehead atoms. The Hall–Kier alpha value is -2.85. The molecule has 1 aromatic heterocycles. The third kappa shape index (κ3) is 3.81. The molecule has 27 heavy (non-hydrogen) atoms. The van der Waals surface area contributed by atoms with E-state index in [4.69, 9.17) is 4.74 Å². The summed E-state index contributed by atoms with van der Waals surface area (Å²) in [4.78, 5) is 13.5. The lowest BCUT2D eigenvalue weighted by Gasteiger charge is -2.06. The van der Waals surface area contributed by atoms with Gasteiger partial charge >= 0.3 is 0 Å². The summed E-state index contributed by atoms with van der Waals surface area (Å²) >= 11 is 1.56. The van der Waals surface area contributed by atoms with Crippen molar-refractivity contribution in [1.82, 2.24) is 5.32 Å². The molecule has 3 aromatic rings. The Morgan fingerprint density at radius 3 is 2.78 bits per heavy atom. The number of thiophene rings is 1. The fourth-order valence-corrected chi connectivity index (χ4v) is 4.41. The number of hydrogen-bond donors (Lipinski definition) is 1. The van der Waals surface area contributed by atoms with E-state index in [-0.39, 0.29) is 5.91 Å². The summed E-state index contributed by atoms with van der Waals surface area (Å²) in [5.74, 6) is 0.816. The Kier molecular flexibility index (Phi) is 4.82. The van der Waals surface area contributed by atoms with Gasteiger partial charge in [0.2, 0.25) is 0 Å². The molecule has 1 aliphatic rings. The lowest BCUT2D eigenvalue weighted by molar-refractivity contribution is 0.0969. The summed E-state index contributed by atoms with van der Waals surface area (Å²) in [6.07, 6.45) is 4.83. The second kappa shape index (κ2) is 7.41. The number of carbonyl (C=O) groups is 1. The molecule has 0 saturated carbocycles. The molecule has 0 fully saturated rings. The number of aryl methyl sites for hydroxylation is 2. The Balaban J connectivity index is 1.42. The molecule has 0 aliphatic heterocycles. The molecule has 4 heteroatoms. The predicted octanol–water partition coefficient (Wildman–Crippen LogP) is 5.54. The number of hydrogen-bond acceptors (Lipinski definition) is 3. The van der Waals surface area contributed by atoms with Gasteiger partial charge in [0.15, 0.2) is 0 Å². The van der Waals surface area contributed by atoms with Crippen LogP contribution in [-0.4, -0.2) is 12.5 Å². The van der Waals surface area contributed by atoms with E-state index in [0.29, 0.717) is 6.61 Å². The molecule has 1 heterocycles. The van der Waals surface area contributed by atoms with Gasteiger partial charge < -0.3 is 10.1 Å². The third-order valence-electron chi connectivity index (χ3n) is 4.67. The minimum atomic E-state index is -0.0313. The van der Waals surface area contributed by atoms with Crippen LogP contribution in [0.2, 0.25) is 0 Å². The normalized spacial score (nSPS) is 13.4. The van der Waals surface area contributed by atoms with Crippen LogP contribution in [0.5, 0.6) is 5.75 Å². The maximum atomic E-state index is 12.8.